The summed E-state index contributed by atoms with van der Waals surface area (Å²) in [5.41, 5.74) is 3.61. The van der Waals surface area contributed by atoms with Crippen molar-refractivity contribution in [3.05, 3.63) is 60.2 Å². The molecular formula is C30H36N4O2. The fraction of sp³-hybridized carbons (Fsp3) is 0.400. The van der Waals surface area contributed by atoms with Crippen molar-refractivity contribution < 1.29 is 9.53 Å². The van der Waals surface area contributed by atoms with Crippen LogP contribution >= 0.6 is 0 Å². The maximum Gasteiger partial charge on any atom is 0.251 e. The number of nitrogens with zero attached hydrogens (tertiary/aromatic N) is 2. The quantitative estimate of drug-likeness (QED) is 0.336. The molecule has 1 unspecified atom stereocenters. The van der Waals surface area contributed by atoms with Crippen LogP contribution in [-0.4, -0.2) is 53.8 Å². The normalized spacial score (nSPS) is 16.6. The van der Waals surface area contributed by atoms with Gasteiger partial charge in [-0.1, -0.05) is 39.0 Å². The van der Waals surface area contributed by atoms with E-state index < -0.39 is 0 Å². The summed E-state index contributed by atoms with van der Waals surface area (Å²) >= 11 is 0. The summed E-state index contributed by atoms with van der Waals surface area (Å²) < 4.78 is 6.11. The van der Waals surface area contributed by atoms with Gasteiger partial charge in [-0.05, 0) is 85.4 Å². The number of H-pyrrole nitrogens is 1. The number of fused-ring (bicyclic) bond motifs is 2. The van der Waals surface area contributed by atoms with Crippen molar-refractivity contribution in [1.29, 1.82) is 0 Å². The molecule has 6 nitrogen and oxygen atoms in total. The monoisotopic (exact) mass is 484 g/mol. The fourth-order valence-electron chi connectivity index (χ4n) is 4.87. The van der Waals surface area contributed by atoms with E-state index in [9.17, 15) is 4.79 Å². The molecule has 1 saturated heterocycles. The molecule has 0 aliphatic carbocycles. The summed E-state index contributed by atoms with van der Waals surface area (Å²) in [5, 5.41) is 13.9. The zero-order valence-corrected chi connectivity index (χ0v) is 21.7. The van der Waals surface area contributed by atoms with Crippen molar-refractivity contribution in [3.63, 3.8) is 0 Å². The molecule has 0 spiro atoms. The van der Waals surface area contributed by atoms with Gasteiger partial charge in [-0.15, -0.1) is 0 Å². The van der Waals surface area contributed by atoms with Gasteiger partial charge in [0.1, 0.15) is 12.4 Å². The molecule has 1 atom stereocenters. The Morgan fingerprint density at radius 3 is 2.69 bits per heavy atom. The third kappa shape index (κ3) is 5.39. The number of carbonyl (C=O) groups excluding carboxylic acids is 1. The highest BCUT2D eigenvalue weighted by Crippen LogP contribution is 2.31. The van der Waals surface area contributed by atoms with E-state index in [1.165, 1.54) is 12.8 Å². The average molecular weight is 485 g/mol. The number of likely N-dealkylation sites (N-methyl/N-ethyl adjacent to an activating group) is 1. The highest BCUT2D eigenvalue weighted by Gasteiger charge is 2.21. The second-order valence-corrected chi connectivity index (χ2v) is 11.2. The molecule has 3 aromatic carbocycles. The SMILES string of the molecule is CN1CCCC1COc1ccc2cc(-c3n[nH]c4ccc(C(=O)NCCC(C)(C)C)cc34)ccc2c1. The Balaban J connectivity index is 1.34. The van der Waals surface area contributed by atoms with Crippen LogP contribution in [0.1, 0.15) is 50.4 Å². The molecule has 0 saturated carbocycles. The van der Waals surface area contributed by atoms with Gasteiger partial charge < -0.3 is 15.0 Å². The number of likely N-dealkylation sites (tertiary alicyclic amines) is 1. The summed E-state index contributed by atoms with van der Waals surface area (Å²) in [6.07, 6.45) is 3.38. The van der Waals surface area contributed by atoms with Crippen LogP contribution in [0, 0.1) is 5.41 Å². The Morgan fingerprint density at radius 1 is 1.11 bits per heavy atom. The topological polar surface area (TPSA) is 70.2 Å². The molecular weight excluding hydrogens is 448 g/mol. The standard InChI is InChI=1S/C30H36N4O2/c1-30(2,3)13-14-31-29(35)23-10-12-27-26(18-23)28(33-32-27)22-8-7-21-17-25(11-9-20(21)16-22)36-19-24-6-5-15-34(24)4/h7-12,16-18,24H,5-6,13-15,19H2,1-4H3,(H,31,35)(H,32,33). The van der Waals surface area contributed by atoms with Gasteiger partial charge in [0.05, 0.1) is 11.2 Å². The Morgan fingerprint density at radius 2 is 1.92 bits per heavy atom. The largest absolute Gasteiger partial charge is 0.492 e. The Labute approximate surface area is 213 Å². The van der Waals surface area contributed by atoms with E-state index in [1.807, 2.05) is 24.3 Å². The van der Waals surface area contributed by atoms with Gasteiger partial charge in [0.15, 0.2) is 0 Å². The lowest BCUT2D eigenvalue weighted by molar-refractivity contribution is 0.0949. The van der Waals surface area contributed by atoms with Crippen molar-refractivity contribution in [2.75, 3.05) is 26.7 Å². The molecule has 188 valence electrons. The molecule has 1 aliphatic heterocycles. The Kier molecular flexibility index (Phi) is 6.71. The van der Waals surface area contributed by atoms with Crippen LogP contribution in [0.3, 0.4) is 0 Å². The minimum Gasteiger partial charge on any atom is -0.492 e. The number of benzene rings is 3. The lowest BCUT2D eigenvalue weighted by Crippen LogP contribution is -2.30. The molecule has 1 aliphatic rings. The minimum absolute atomic E-state index is 0.0526. The first kappa shape index (κ1) is 24.3. The molecule has 0 bridgehead atoms. The number of rotatable bonds is 7. The minimum atomic E-state index is -0.0526. The van der Waals surface area contributed by atoms with Gasteiger partial charge in [0, 0.05) is 29.1 Å². The van der Waals surface area contributed by atoms with Crippen LogP contribution in [0.5, 0.6) is 5.75 Å². The average Bonchev–Trinajstić information content (AvgIpc) is 3.46. The number of hydrogen-bond donors (Lipinski definition) is 2. The third-order valence-corrected chi connectivity index (χ3v) is 7.18. The molecule has 2 heterocycles. The maximum atomic E-state index is 12.7. The summed E-state index contributed by atoms with van der Waals surface area (Å²) in [5.74, 6) is 0.853. The summed E-state index contributed by atoms with van der Waals surface area (Å²) in [7, 11) is 2.17. The lowest BCUT2D eigenvalue weighted by atomic mass is 9.92. The summed E-state index contributed by atoms with van der Waals surface area (Å²) in [6, 6.07) is 18.8. The lowest BCUT2D eigenvalue weighted by Gasteiger charge is -2.19. The number of amides is 1. The zero-order chi connectivity index (χ0) is 25.3. The molecule has 5 rings (SSSR count). The van der Waals surface area contributed by atoms with Crippen molar-refractivity contribution >= 4 is 27.6 Å². The Bertz CT molecular complexity index is 1380. The molecule has 36 heavy (non-hydrogen) atoms. The van der Waals surface area contributed by atoms with E-state index in [0.717, 1.165) is 58.3 Å². The van der Waals surface area contributed by atoms with Crippen LogP contribution in [-0.2, 0) is 0 Å². The van der Waals surface area contributed by atoms with Gasteiger partial charge in [-0.2, -0.15) is 5.10 Å². The molecule has 1 fully saturated rings. The molecule has 2 N–H and O–H groups in total. The molecule has 1 amide bonds. The second kappa shape index (κ2) is 9.94. The number of ether oxygens (including phenoxy) is 1. The van der Waals surface area contributed by atoms with Gasteiger partial charge in [0.2, 0.25) is 0 Å². The maximum absolute atomic E-state index is 12.7. The number of aromatic amines is 1. The number of carbonyl (C=O) groups is 1. The summed E-state index contributed by atoms with van der Waals surface area (Å²) in [6.45, 7) is 9.07. The van der Waals surface area contributed by atoms with E-state index in [4.69, 9.17) is 4.74 Å². The molecule has 1 aromatic heterocycles. The van der Waals surface area contributed by atoms with Crippen molar-refractivity contribution in [2.45, 2.75) is 46.1 Å². The number of aromatic nitrogens is 2. The van der Waals surface area contributed by atoms with Crippen molar-refractivity contribution in [2.24, 2.45) is 5.41 Å². The predicted molar refractivity (Wildman–Crippen MR) is 147 cm³/mol. The molecule has 6 heteroatoms. The molecule has 4 aromatic rings. The zero-order valence-electron chi connectivity index (χ0n) is 21.7. The fourth-order valence-corrected chi connectivity index (χ4v) is 4.87. The molecule has 0 radical (unpaired) electrons. The van der Waals surface area contributed by atoms with E-state index in [0.29, 0.717) is 18.2 Å². The highest BCUT2D eigenvalue weighted by atomic mass is 16.5. The third-order valence-electron chi connectivity index (χ3n) is 7.18. The van der Waals surface area contributed by atoms with Crippen LogP contribution in [0.4, 0.5) is 0 Å². The second-order valence-electron chi connectivity index (χ2n) is 11.2. The van der Waals surface area contributed by atoms with E-state index in [2.05, 4.69) is 78.6 Å². The van der Waals surface area contributed by atoms with Gasteiger partial charge in [-0.3, -0.25) is 9.89 Å². The van der Waals surface area contributed by atoms with E-state index in [-0.39, 0.29) is 11.3 Å². The predicted octanol–water partition coefficient (Wildman–Crippen LogP) is 6.02. The van der Waals surface area contributed by atoms with Crippen LogP contribution in [0.15, 0.2) is 54.6 Å². The van der Waals surface area contributed by atoms with Crippen LogP contribution in [0.25, 0.3) is 32.9 Å². The van der Waals surface area contributed by atoms with Gasteiger partial charge in [0.25, 0.3) is 5.91 Å². The van der Waals surface area contributed by atoms with Gasteiger partial charge >= 0.3 is 0 Å². The van der Waals surface area contributed by atoms with E-state index >= 15 is 0 Å². The van der Waals surface area contributed by atoms with Crippen LogP contribution < -0.4 is 10.1 Å². The van der Waals surface area contributed by atoms with Crippen LogP contribution in [0.2, 0.25) is 0 Å². The summed E-state index contributed by atoms with van der Waals surface area (Å²) in [4.78, 5) is 15.1. The van der Waals surface area contributed by atoms with Crippen molar-refractivity contribution in [3.8, 4) is 17.0 Å². The number of hydrogen-bond acceptors (Lipinski definition) is 4. The number of nitrogens with one attached hydrogen (secondary N) is 2. The van der Waals surface area contributed by atoms with Crippen molar-refractivity contribution in [1.82, 2.24) is 20.4 Å². The highest BCUT2D eigenvalue weighted by molar-refractivity contribution is 6.02. The van der Waals surface area contributed by atoms with Gasteiger partial charge in [-0.25, -0.2) is 0 Å². The Hall–Kier alpha value is -3.38. The first-order valence-electron chi connectivity index (χ1n) is 12.9. The first-order valence-corrected chi connectivity index (χ1v) is 12.9. The smallest absolute Gasteiger partial charge is 0.251 e. The van der Waals surface area contributed by atoms with E-state index in [1.54, 1.807) is 0 Å². The first-order chi connectivity index (χ1) is 17.3.